The number of carbonyl (C=O) groups is 3. The number of hydrogen-bond acceptors (Lipinski definition) is 4. The van der Waals surface area contributed by atoms with Crippen LogP contribution in [0.4, 0.5) is 0 Å². The maximum Gasteiger partial charge on any atom is 0.274 e. The molecule has 0 aliphatic carbocycles. The molecule has 0 radical (unpaired) electrons. The number of rotatable bonds is 6. The number of carbonyl (C=O) groups excluding carboxylic acids is 3. The van der Waals surface area contributed by atoms with Gasteiger partial charge in [-0.2, -0.15) is 5.10 Å². The van der Waals surface area contributed by atoms with Crippen LogP contribution in [0.2, 0.25) is 5.02 Å². The van der Waals surface area contributed by atoms with Crippen LogP contribution >= 0.6 is 11.6 Å². The van der Waals surface area contributed by atoms with E-state index in [0.29, 0.717) is 36.8 Å². The maximum atomic E-state index is 12.9. The average molecular weight is 458 g/mol. The summed E-state index contributed by atoms with van der Waals surface area (Å²) in [6.07, 6.45) is 2.94. The minimum Gasteiger partial charge on any atom is -0.352 e. The molecule has 8 nitrogen and oxygen atoms in total. The third-order valence-electron chi connectivity index (χ3n) is 6.14. The Morgan fingerprint density at radius 3 is 2.62 bits per heavy atom. The Bertz CT molecular complexity index is 1030. The Labute approximate surface area is 192 Å². The second-order valence-corrected chi connectivity index (χ2v) is 8.81. The van der Waals surface area contributed by atoms with Crippen LogP contribution < -0.4 is 5.32 Å². The highest BCUT2D eigenvalue weighted by atomic mass is 35.5. The van der Waals surface area contributed by atoms with E-state index in [9.17, 15) is 14.4 Å². The summed E-state index contributed by atoms with van der Waals surface area (Å²) >= 11 is 5.96. The van der Waals surface area contributed by atoms with Crippen LogP contribution in [0.15, 0.2) is 24.3 Å². The molecule has 1 fully saturated rings. The molecule has 1 N–H and O–H groups in total. The van der Waals surface area contributed by atoms with Crippen LogP contribution in [-0.4, -0.2) is 56.9 Å². The number of likely N-dealkylation sites (tertiary alicyclic amines) is 1. The molecule has 9 heteroatoms. The smallest absolute Gasteiger partial charge is 0.274 e. The van der Waals surface area contributed by atoms with Crippen molar-refractivity contribution in [3.63, 3.8) is 0 Å². The molecule has 3 heterocycles. The number of halogens is 1. The molecule has 32 heavy (non-hydrogen) atoms. The maximum absolute atomic E-state index is 12.9. The van der Waals surface area contributed by atoms with Gasteiger partial charge >= 0.3 is 0 Å². The van der Waals surface area contributed by atoms with Crippen molar-refractivity contribution in [2.45, 2.75) is 45.2 Å². The number of benzene rings is 1. The fourth-order valence-electron chi connectivity index (χ4n) is 4.36. The van der Waals surface area contributed by atoms with Gasteiger partial charge < -0.3 is 15.1 Å². The van der Waals surface area contributed by atoms with Gasteiger partial charge in [-0.1, -0.05) is 23.7 Å². The van der Waals surface area contributed by atoms with Crippen LogP contribution in [0, 0.1) is 0 Å². The van der Waals surface area contributed by atoms with Crippen LogP contribution in [0.25, 0.3) is 0 Å². The van der Waals surface area contributed by atoms with Gasteiger partial charge in [0.05, 0.1) is 0 Å². The Hall–Kier alpha value is -2.87. The van der Waals surface area contributed by atoms with Gasteiger partial charge in [-0.05, 0) is 30.5 Å². The first-order valence-electron chi connectivity index (χ1n) is 11.1. The summed E-state index contributed by atoms with van der Waals surface area (Å²) in [6, 6.07) is 7.30. The highest BCUT2D eigenvalue weighted by Crippen LogP contribution is 2.25. The molecule has 2 aliphatic rings. The van der Waals surface area contributed by atoms with Gasteiger partial charge in [0, 0.05) is 75.3 Å². The zero-order chi connectivity index (χ0) is 22.7. The molecule has 170 valence electrons. The predicted octanol–water partition coefficient (Wildman–Crippen LogP) is 2.29. The van der Waals surface area contributed by atoms with Crippen molar-refractivity contribution in [3.8, 4) is 0 Å². The molecule has 0 saturated carbocycles. The number of aryl methyl sites for hydroxylation is 1. The van der Waals surface area contributed by atoms with Crippen molar-refractivity contribution in [3.05, 3.63) is 51.8 Å². The SMILES string of the molecule is Cn1nc(C(=O)N2CCCC2)c2c1CCN(C(=O)CCC(=O)NCc1cccc(Cl)c1)C2. The molecule has 4 rings (SSSR count). The van der Waals surface area contributed by atoms with Gasteiger partial charge in [-0.15, -0.1) is 0 Å². The molecule has 0 spiro atoms. The summed E-state index contributed by atoms with van der Waals surface area (Å²) in [4.78, 5) is 41.5. The van der Waals surface area contributed by atoms with E-state index < -0.39 is 0 Å². The Morgan fingerprint density at radius 1 is 1.09 bits per heavy atom. The van der Waals surface area contributed by atoms with Gasteiger partial charge in [0.2, 0.25) is 11.8 Å². The average Bonchev–Trinajstić information content (AvgIpc) is 3.44. The van der Waals surface area contributed by atoms with E-state index in [4.69, 9.17) is 11.6 Å². The summed E-state index contributed by atoms with van der Waals surface area (Å²) in [5, 5.41) is 7.92. The van der Waals surface area contributed by atoms with Crippen molar-refractivity contribution in [1.82, 2.24) is 24.9 Å². The lowest BCUT2D eigenvalue weighted by molar-refractivity contribution is -0.134. The van der Waals surface area contributed by atoms with E-state index in [2.05, 4.69) is 10.4 Å². The van der Waals surface area contributed by atoms with Gasteiger partial charge in [-0.25, -0.2) is 0 Å². The van der Waals surface area contributed by atoms with Gasteiger partial charge in [0.25, 0.3) is 5.91 Å². The minimum absolute atomic E-state index is 0.0472. The molecule has 0 unspecified atom stereocenters. The lowest BCUT2D eigenvalue weighted by atomic mass is 10.0. The quantitative estimate of drug-likeness (QED) is 0.721. The van der Waals surface area contributed by atoms with Gasteiger partial charge in [-0.3, -0.25) is 19.1 Å². The molecular formula is C23H28ClN5O3. The zero-order valence-corrected chi connectivity index (χ0v) is 19.0. The fourth-order valence-corrected chi connectivity index (χ4v) is 4.57. The van der Waals surface area contributed by atoms with Gasteiger partial charge in [0.15, 0.2) is 5.69 Å². The number of amides is 3. The number of hydrogen-bond donors (Lipinski definition) is 1. The van der Waals surface area contributed by atoms with Crippen molar-refractivity contribution in [2.24, 2.45) is 7.05 Å². The van der Waals surface area contributed by atoms with Crippen LogP contribution in [0.3, 0.4) is 0 Å². The largest absolute Gasteiger partial charge is 0.352 e. The van der Waals surface area contributed by atoms with Crippen LogP contribution in [0.1, 0.15) is 53.0 Å². The molecule has 1 aromatic heterocycles. The topological polar surface area (TPSA) is 87.5 Å². The third kappa shape index (κ3) is 4.96. The van der Waals surface area contributed by atoms with Crippen molar-refractivity contribution in [1.29, 1.82) is 0 Å². The van der Waals surface area contributed by atoms with E-state index in [-0.39, 0.29) is 30.6 Å². The monoisotopic (exact) mass is 457 g/mol. The van der Waals surface area contributed by atoms with E-state index in [1.807, 2.05) is 24.1 Å². The molecule has 1 saturated heterocycles. The highest BCUT2D eigenvalue weighted by molar-refractivity contribution is 6.30. The molecule has 3 amide bonds. The van der Waals surface area contributed by atoms with E-state index >= 15 is 0 Å². The van der Waals surface area contributed by atoms with Crippen molar-refractivity contribution in [2.75, 3.05) is 19.6 Å². The summed E-state index contributed by atoms with van der Waals surface area (Å²) < 4.78 is 1.77. The number of aromatic nitrogens is 2. The molecule has 2 aromatic rings. The highest BCUT2D eigenvalue weighted by Gasteiger charge is 2.31. The van der Waals surface area contributed by atoms with E-state index in [1.54, 1.807) is 21.7 Å². The second-order valence-electron chi connectivity index (χ2n) is 8.37. The molecule has 1 aromatic carbocycles. The summed E-state index contributed by atoms with van der Waals surface area (Å²) in [5.74, 6) is -0.312. The predicted molar refractivity (Wildman–Crippen MR) is 120 cm³/mol. The molecule has 0 atom stereocenters. The summed E-state index contributed by atoms with van der Waals surface area (Å²) in [6.45, 7) is 2.82. The first-order chi connectivity index (χ1) is 15.4. The van der Waals surface area contributed by atoms with E-state index in [0.717, 1.165) is 42.8 Å². The van der Waals surface area contributed by atoms with Crippen molar-refractivity contribution < 1.29 is 14.4 Å². The minimum atomic E-state index is -0.178. The zero-order valence-electron chi connectivity index (χ0n) is 18.3. The first-order valence-corrected chi connectivity index (χ1v) is 11.4. The van der Waals surface area contributed by atoms with Crippen LogP contribution in [0.5, 0.6) is 0 Å². The number of nitrogens with one attached hydrogen (secondary N) is 1. The Balaban J connectivity index is 1.32. The summed E-state index contributed by atoms with van der Waals surface area (Å²) in [5.41, 5.74) is 3.22. The number of fused-ring (bicyclic) bond motifs is 1. The lowest BCUT2D eigenvalue weighted by Gasteiger charge is -2.28. The molecular weight excluding hydrogens is 430 g/mol. The fraction of sp³-hybridized carbons (Fsp3) is 0.478. The Kier molecular flexibility index (Phi) is 6.79. The van der Waals surface area contributed by atoms with Crippen LogP contribution in [-0.2, 0) is 36.1 Å². The molecule has 2 aliphatic heterocycles. The summed E-state index contributed by atoms with van der Waals surface area (Å²) in [7, 11) is 1.85. The standard InChI is InChI=1S/C23H28ClN5O3/c1-27-19-9-12-29(15-18(19)22(26-27)23(32)28-10-2-3-11-28)21(31)8-7-20(30)25-14-16-5-4-6-17(24)13-16/h4-6,13H,2-3,7-12,14-15H2,1H3,(H,25,30). The third-order valence-corrected chi connectivity index (χ3v) is 6.37. The molecule has 0 bridgehead atoms. The lowest BCUT2D eigenvalue weighted by Crippen LogP contribution is -2.38. The van der Waals surface area contributed by atoms with Gasteiger partial charge in [0.1, 0.15) is 0 Å². The van der Waals surface area contributed by atoms with Crippen molar-refractivity contribution >= 4 is 29.3 Å². The number of nitrogens with zero attached hydrogens (tertiary/aromatic N) is 4. The Morgan fingerprint density at radius 2 is 1.88 bits per heavy atom. The first kappa shape index (κ1) is 22.3. The normalized spacial score (nSPS) is 15.6. The van der Waals surface area contributed by atoms with E-state index in [1.165, 1.54) is 0 Å². The second kappa shape index (κ2) is 9.73.